The molecule has 1 atom stereocenters. The van der Waals surface area contributed by atoms with Crippen LogP contribution >= 0.6 is 0 Å². The molecule has 6 heteroatoms. The molecule has 0 saturated heterocycles. The highest BCUT2D eigenvalue weighted by atomic mass is 16.6. The summed E-state index contributed by atoms with van der Waals surface area (Å²) in [6, 6.07) is 2.97. The molecule has 1 aromatic rings. The molecule has 0 aliphatic rings. The van der Waals surface area contributed by atoms with Gasteiger partial charge in [-0.3, -0.25) is 0 Å². The average Bonchev–Trinajstić information content (AvgIpc) is 2.62. The molecule has 0 aromatic carbocycles. The molecule has 1 rings (SSSR count). The second kappa shape index (κ2) is 5.47. The second-order valence-corrected chi connectivity index (χ2v) is 3.09. The van der Waals surface area contributed by atoms with Crippen LogP contribution in [-0.4, -0.2) is 33.9 Å². The van der Waals surface area contributed by atoms with Crippen LogP contribution in [0.4, 0.5) is 5.82 Å². The highest BCUT2D eigenvalue weighted by molar-refractivity contribution is 5.21. The molecular weight excluding hydrogens is 200 g/mol. The summed E-state index contributed by atoms with van der Waals surface area (Å²) in [6.07, 6.45) is 0.837. The van der Waals surface area contributed by atoms with Gasteiger partial charge in [0.15, 0.2) is 0 Å². The predicted molar refractivity (Wildman–Crippen MR) is 53.6 cm³/mol. The Morgan fingerprint density at radius 3 is 3.07 bits per heavy atom. The van der Waals surface area contributed by atoms with E-state index in [0.29, 0.717) is 6.61 Å². The van der Waals surface area contributed by atoms with Crippen LogP contribution in [0.3, 0.4) is 0 Å². The Morgan fingerprint density at radius 1 is 1.73 bits per heavy atom. The Balaban J connectivity index is 2.56. The van der Waals surface area contributed by atoms with Gasteiger partial charge in [-0.15, -0.1) is 0 Å². The van der Waals surface area contributed by atoms with Crippen molar-refractivity contribution in [3.63, 3.8) is 0 Å². The first-order chi connectivity index (χ1) is 7.15. The third-order valence-corrected chi connectivity index (χ3v) is 1.91. The lowest BCUT2D eigenvalue weighted by molar-refractivity contribution is -0.392. The Morgan fingerprint density at radius 2 is 2.47 bits per heavy atom. The van der Waals surface area contributed by atoms with Crippen LogP contribution in [0.2, 0.25) is 0 Å². The quantitative estimate of drug-likeness (QED) is 0.561. The lowest BCUT2D eigenvalue weighted by Crippen LogP contribution is -2.22. The van der Waals surface area contributed by atoms with Crippen LogP contribution < -0.4 is 0 Å². The molecule has 6 nitrogen and oxygen atoms in total. The third kappa shape index (κ3) is 3.34. The predicted octanol–water partition coefficient (Wildman–Crippen LogP) is 0.794. The average molecular weight is 214 g/mol. The molecule has 1 aromatic heterocycles. The lowest BCUT2D eigenvalue weighted by Gasteiger charge is -2.09. The van der Waals surface area contributed by atoms with Crippen LogP contribution in [0.15, 0.2) is 18.3 Å². The maximum atomic E-state index is 10.6. The van der Waals surface area contributed by atoms with Crippen LogP contribution in [0, 0.1) is 10.1 Å². The molecule has 1 unspecified atom stereocenters. The highest BCUT2D eigenvalue weighted by Crippen LogP contribution is 2.12. The molecule has 1 N–H and O–H groups in total. The summed E-state index contributed by atoms with van der Waals surface area (Å²) in [5.41, 5.74) is 0. The Bertz CT molecular complexity index is 324. The molecular formula is C9H14N2O4. The Kier molecular flexibility index (Phi) is 4.26. The van der Waals surface area contributed by atoms with Crippen LogP contribution in [-0.2, 0) is 11.3 Å². The van der Waals surface area contributed by atoms with Crippen molar-refractivity contribution in [2.75, 3.05) is 13.2 Å². The summed E-state index contributed by atoms with van der Waals surface area (Å²) in [4.78, 5) is 10.1. The molecule has 0 aliphatic carbocycles. The molecule has 0 bridgehead atoms. The van der Waals surface area contributed by atoms with Gasteiger partial charge < -0.3 is 20.0 Å². The minimum atomic E-state index is -0.726. The van der Waals surface area contributed by atoms with Crippen molar-refractivity contribution in [1.82, 2.24) is 4.57 Å². The number of nitro groups is 1. The molecule has 0 radical (unpaired) electrons. The second-order valence-electron chi connectivity index (χ2n) is 3.09. The van der Waals surface area contributed by atoms with E-state index in [1.165, 1.54) is 10.6 Å². The van der Waals surface area contributed by atoms with Gasteiger partial charge in [-0.25, -0.2) is 4.57 Å². The SMILES string of the molecule is CCOCC(O)Cn1cccc1[N+](=O)[O-]. The molecule has 0 amide bonds. The van der Waals surface area contributed by atoms with Gasteiger partial charge in [0.05, 0.1) is 12.8 Å². The molecule has 0 spiro atoms. The van der Waals surface area contributed by atoms with Crippen LogP contribution in [0.25, 0.3) is 0 Å². The van der Waals surface area contributed by atoms with Crippen molar-refractivity contribution < 1.29 is 14.8 Å². The number of aliphatic hydroxyl groups excluding tert-OH is 1. The van der Waals surface area contributed by atoms with Gasteiger partial charge in [0.25, 0.3) is 0 Å². The summed E-state index contributed by atoms with van der Waals surface area (Å²) in [5.74, 6) is -0.0226. The van der Waals surface area contributed by atoms with Gasteiger partial charge in [-0.05, 0) is 17.9 Å². The maximum absolute atomic E-state index is 10.6. The Labute approximate surface area is 87.2 Å². The highest BCUT2D eigenvalue weighted by Gasteiger charge is 2.15. The fraction of sp³-hybridized carbons (Fsp3) is 0.556. The van der Waals surface area contributed by atoms with E-state index in [9.17, 15) is 15.2 Å². The topological polar surface area (TPSA) is 77.5 Å². The van der Waals surface area contributed by atoms with Gasteiger partial charge in [0.2, 0.25) is 0 Å². The zero-order valence-electron chi connectivity index (χ0n) is 8.50. The zero-order valence-corrected chi connectivity index (χ0v) is 8.50. The number of hydrogen-bond donors (Lipinski definition) is 1. The van der Waals surface area contributed by atoms with Crippen molar-refractivity contribution in [1.29, 1.82) is 0 Å². The minimum absolute atomic E-state index is 0.0226. The normalized spacial score (nSPS) is 12.7. The van der Waals surface area contributed by atoms with E-state index < -0.39 is 11.0 Å². The Hall–Kier alpha value is -1.40. The summed E-state index contributed by atoms with van der Waals surface area (Å²) >= 11 is 0. The van der Waals surface area contributed by atoms with Crippen molar-refractivity contribution in [2.24, 2.45) is 0 Å². The molecule has 1 heterocycles. The molecule has 0 saturated carbocycles. The largest absolute Gasteiger partial charge is 0.387 e. The van der Waals surface area contributed by atoms with Gasteiger partial charge in [-0.2, -0.15) is 0 Å². The van der Waals surface area contributed by atoms with Gasteiger partial charge in [-0.1, -0.05) is 0 Å². The zero-order chi connectivity index (χ0) is 11.3. The van der Waals surface area contributed by atoms with Crippen molar-refractivity contribution in [3.8, 4) is 0 Å². The van der Waals surface area contributed by atoms with Crippen LogP contribution in [0.1, 0.15) is 6.92 Å². The summed E-state index contributed by atoms with van der Waals surface area (Å²) in [7, 11) is 0. The molecule has 84 valence electrons. The number of rotatable bonds is 6. The van der Waals surface area contributed by atoms with Gasteiger partial charge >= 0.3 is 5.82 Å². The van der Waals surface area contributed by atoms with Gasteiger partial charge in [0, 0.05) is 12.7 Å². The van der Waals surface area contributed by atoms with E-state index in [1.807, 2.05) is 6.92 Å². The summed E-state index contributed by atoms with van der Waals surface area (Å²) in [6.45, 7) is 2.70. The lowest BCUT2D eigenvalue weighted by atomic mass is 10.4. The first-order valence-electron chi connectivity index (χ1n) is 4.70. The number of nitrogens with zero attached hydrogens (tertiary/aromatic N) is 2. The number of aromatic nitrogens is 1. The molecule has 0 fully saturated rings. The molecule has 15 heavy (non-hydrogen) atoms. The third-order valence-electron chi connectivity index (χ3n) is 1.91. The number of hydrogen-bond acceptors (Lipinski definition) is 4. The van der Waals surface area contributed by atoms with E-state index in [2.05, 4.69) is 0 Å². The van der Waals surface area contributed by atoms with E-state index in [0.717, 1.165) is 0 Å². The van der Waals surface area contributed by atoms with Gasteiger partial charge in [0.1, 0.15) is 12.6 Å². The first kappa shape index (κ1) is 11.7. The summed E-state index contributed by atoms with van der Waals surface area (Å²) in [5, 5.41) is 20.0. The fourth-order valence-electron chi connectivity index (χ4n) is 1.26. The minimum Gasteiger partial charge on any atom is -0.387 e. The number of aliphatic hydroxyl groups is 1. The molecule has 0 aliphatic heterocycles. The van der Waals surface area contributed by atoms with E-state index in [1.54, 1.807) is 12.3 Å². The van der Waals surface area contributed by atoms with E-state index in [-0.39, 0.29) is 19.0 Å². The monoisotopic (exact) mass is 214 g/mol. The van der Waals surface area contributed by atoms with E-state index >= 15 is 0 Å². The smallest absolute Gasteiger partial charge is 0.323 e. The fourth-order valence-corrected chi connectivity index (χ4v) is 1.26. The van der Waals surface area contributed by atoms with Crippen molar-refractivity contribution in [2.45, 2.75) is 19.6 Å². The number of ether oxygens (including phenoxy) is 1. The maximum Gasteiger partial charge on any atom is 0.323 e. The summed E-state index contributed by atoms with van der Waals surface area (Å²) < 4.78 is 6.40. The van der Waals surface area contributed by atoms with Crippen molar-refractivity contribution >= 4 is 5.82 Å². The standard InChI is InChI=1S/C9H14N2O4/c1-2-15-7-8(12)6-10-5-3-4-9(10)11(13)14/h3-5,8,12H,2,6-7H2,1H3. The van der Waals surface area contributed by atoms with Crippen molar-refractivity contribution in [3.05, 3.63) is 28.4 Å². The van der Waals surface area contributed by atoms with Crippen LogP contribution in [0.5, 0.6) is 0 Å². The first-order valence-corrected chi connectivity index (χ1v) is 4.70. The van der Waals surface area contributed by atoms with E-state index in [4.69, 9.17) is 4.74 Å².